The molecule has 1 unspecified atom stereocenters. The minimum absolute atomic E-state index is 0.152. The lowest BCUT2D eigenvalue weighted by atomic mass is 10.1. The summed E-state index contributed by atoms with van der Waals surface area (Å²) in [6.45, 7) is 2.93. The van der Waals surface area contributed by atoms with E-state index in [1.54, 1.807) is 16.0 Å². The van der Waals surface area contributed by atoms with Crippen molar-refractivity contribution < 1.29 is 9.53 Å². The molecule has 0 fully saturated rings. The standard InChI is InChI=1S/C14H18N4O2S/c1-3-20-13(19)10-4-5-11-12(10)17-14(21-11)15-6-9-7-16-18(2)8-9/h7-8,10H,3-6H2,1-2H3,(H,15,17). The number of hydrogen-bond donors (Lipinski definition) is 1. The molecule has 0 spiro atoms. The van der Waals surface area contributed by atoms with Crippen LogP contribution in [0.2, 0.25) is 0 Å². The highest BCUT2D eigenvalue weighted by Crippen LogP contribution is 2.39. The van der Waals surface area contributed by atoms with Crippen LogP contribution in [-0.2, 0) is 29.5 Å². The number of nitrogens with zero attached hydrogens (tertiary/aromatic N) is 3. The fourth-order valence-electron chi connectivity index (χ4n) is 2.52. The van der Waals surface area contributed by atoms with Gasteiger partial charge >= 0.3 is 5.97 Å². The molecule has 0 saturated carbocycles. The van der Waals surface area contributed by atoms with Crippen LogP contribution in [0, 0.1) is 0 Å². The van der Waals surface area contributed by atoms with E-state index in [-0.39, 0.29) is 11.9 Å². The van der Waals surface area contributed by atoms with Crippen LogP contribution in [0.3, 0.4) is 0 Å². The summed E-state index contributed by atoms with van der Waals surface area (Å²) in [4.78, 5) is 17.7. The highest BCUT2D eigenvalue weighted by atomic mass is 32.1. The van der Waals surface area contributed by atoms with Gasteiger partial charge in [0.05, 0.1) is 18.5 Å². The Kier molecular flexibility index (Phi) is 3.92. The summed E-state index contributed by atoms with van der Waals surface area (Å²) >= 11 is 1.63. The Morgan fingerprint density at radius 3 is 3.19 bits per heavy atom. The number of fused-ring (bicyclic) bond motifs is 1. The van der Waals surface area contributed by atoms with E-state index in [4.69, 9.17) is 4.74 Å². The first-order chi connectivity index (χ1) is 10.2. The third-order valence-electron chi connectivity index (χ3n) is 3.49. The van der Waals surface area contributed by atoms with Gasteiger partial charge < -0.3 is 10.1 Å². The van der Waals surface area contributed by atoms with Crippen molar-refractivity contribution in [3.63, 3.8) is 0 Å². The van der Waals surface area contributed by atoms with Gasteiger partial charge in [0.1, 0.15) is 5.92 Å². The lowest BCUT2D eigenvalue weighted by Crippen LogP contribution is -2.14. The summed E-state index contributed by atoms with van der Waals surface area (Å²) in [6.07, 6.45) is 5.52. The zero-order valence-corrected chi connectivity index (χ0v) is 12.9. The van der Waals surface area contributed by atoms with E-state index < -0.39 is 0 Å². The van der Waals surface area contributed by atoms with E-state index in [0.29, 0.717) is 13.2 Å². The third-order valence-corrected chi connectivity index (χ3v) is 4.58. The van der Waals surface area contributed by atoms with Gasteiger partial charge in [-0.3, -0.25) is 9.48 Å². The van der Waals surface area contributed by atoms with Gasteiger partial charge in [0, 0.05) is 30.2 Å². The number of thiazole rings is 1. The third kappa shape index (κ3) is 2.92. The Hall–Kier alpha value is -1.89. The van der Waals surface area contributed by atoms with Crippen LogP contribution in [0.25, 0.3) is 0 Å². The van der Waals surface area contributed by atoms with Crippen LogP contribution in [0.1, 0.15) is 35.4 Å². The molecule has 2 aromatic rings. The quantitative estimate of drug-likeness (QED) is 0.857. The van der Waals surface area contributed by atoms with Crippen molar-refractivity contribution in [3.8, 4) is 0 Å². The van der Waals surface area contributed by atoms with Crippen molar-refractivity contribution >= 4 is 22.4 Å². The number of carbonyl (C=O) groups excluding carboxylic acids is 1. The van der Waals surface area contributed by atoms with Crippen molar-refractivity contribution in [1.82, 2.24) is 14.8 Å². The number of rotatable bonds is 5. The predicted molar refractivity (Wildman–Crippen MR) is 80.3 cm³/mol. The molecule has 2 aromatic heterocycles. The molecule has 1 atom stereocenters. The maximum atomic E-state index is 11.9. The number of hydrogen-bond acceptors (Lipinski definition) is 6. The Balaban J connectivity index is 1.67. The summed E-state index contributed by atoms with van der Waals surface area (Å²) in [5.74, 6) is -0.342. The van der Waals surface area contributed by atoms with Gasteiger partial charge in [-0.15, -0.1) is 11.3 Å². The molecule has 0 aromatic carbocycles. The number of anilines is 1. The second-order valence-corrected chi connectivity index (χ2v) is 6.13. The summed E-state index contributed by atoms with van der Waals surface area (Å²) in [7, 11) is 1.89. The van der Waals surface area contributed by atoms with Crippen molar-refractivity contribution in [1.29, 1.82) is 0 Å². The molecule has 1 aliphatic rings. The lowest BCUT2D eigenvalue weighted by molar-refractivity contribution is -0.145. The predicted octanol–water partition coefficient (Wildman–Crippen LogP) is 2.08. The topological polar surface area (TPSA) is 69.0 Å². The first-order valence-electron chi connectivity index (χ1n) is 7.05. The van der Waals surface area contributed by atoms with Gasteiger partial charge in [0.25, 0.3) is 0 Å². The monoisotopic (exact) mass is 306 g/mol. The second-order valence-electron chi connectivity index (χ2n) is 5.05. The summed E-state index contributed by atoms with van der Waals surface area (Å²) < 4.78 is 6.89. The van der Waals surface area contributed by atoms with E-state index in [1.807, 2.05) is 26.4 Å². The molecular weight excluding hydrogens is 288 g/mol. The zero-order chi connectivity index (χ0) is 14.8. The van der Waals surface area contributed by atoms with Gasteiger partial charge in [-0.1, -0.05) is 0 Å². The molecule has 0 saturated heterocycles. The molecule has 0 amide bonds. The molecule has 7 heteroatoms. The van der Waals surface area contributed by atoms with Crippen LogP contribution in [0.15, 0.2) is 12.4 Å². The maximum Gasteiger partial charge on any atom is 0.315 e. The Bertz CT molecular complexity index is 649. The molecule has 112 valence electrons. The van der Waals surface area contributed by atoms with Gasteiger partial charge in [0.2, 0.25) is 0 Å². The van der Waals surface area contributed by atoms with E-state index >= 15 is 0 Å². The van der Waals surface area contributed by atoms with E-state index in [2.05, 4.69) is 15.4 Å². The number of esters is 1. The minimum Gasteiger partial charge on any atom is -0.465 e. The number of nitrogens with one attached hydrogen (secondary N) is 1. The van der Waals surface area contributed by atoms with Crippen LogP contribution in [0.4, 0.5) is 5.13 Å². The normalized spacial score (nSPS) is 16.8. The minimum atomic E-state index is -0.190. The summed E-state index contributed by atoms with van der Waals surface area (Å²) in [6, 6.07) is 0. The molecule has 21 heavy (non-hydrogen) atoms. The van der Waals surface area contributed by atoms with Crippen LogP contribution >= 0.6 is 11.3 Å². The van der Waals surface area contributed by atoms with Gasteiger partial charge in [0.15, 0.2) is 5.13 Å². The molecular formula is C14H18N4O2S. The highest BCUT2D eigenvalue weighted by Gasteiger charge is 2.33. The van der Waals surface area contributed by atoms with Gasteiger partial charge in [-0.2, -0.15) is 5.10 Å². The largest absolute Gasteiger partial charge is 0.465 e. The van der Waals surface area contributed by atoms with Crippen LogP contribution < -0.4 is 5.32 Å². The SMILES string of the molecule is CCOC(=O)C1CCc2sc(NCc3cnn(C)c3)nc21. The van der Waals surface area contributed by atoms with Crippen molar-refractivity contribution in [3.05, 3.63) is 28.5 Å². The summed E-state index contributed by atoms with van der Waals surface area (Å²) in [5.41, 5.74) is 2.00. The van der Waals surface area contributed by atoms with Crippen molar-refractivity contribution in [2.24, 2.45) is 7.05 Å². The summed E-state index contributed by atoms with van der Waals surface area (Å²) in [5, 5.41) is 8.29. The molecule has 2 heterocycles. The maximum absolute atomic E-state index is 11.9. The number of ether oxygens (including phenoxy) is 1. The lowest BCUT2D eigenvalue weighted by Gasteiger charge is -2.07. The molecule has 1 N–H and O–H groups in total. The average molecular weight is 306 g/mol. The Morgan fingerprint density at radius 1 is 1.62 bits per heavy atom. The Labute approximate surface area is 127 Å². The van der Waals surface area contributed by atoms with E-state index in [1.165, 1.54) is 4.88 Å². The first kappa shape index (κ1) is 14.1. The highest BCUT2D eigenvalue weighted by molar-refractivity contribution is 7.15. The molecule has 0 bridgehead atoms. The number of aromatic nitrogens is 3. The molecule has 6 nitrogen and oxygen atoms in total. The molecule has 0 aliphatic heterocycles. The number of carbonyl (C=O) groups is 1. The van der Waals surface area contributed by atoms with Crippen molar-refractivity contribution in [2.45, 2.75) is 32.2 Å². The van der Waals surface area contributed by atoms with E-state index in [0.717, 1.165) is 29.2 Å². The number of aryl methyl sites for hydroxylation is 2. The average Bonchev–Trinajstić information content (AvgIpc) is 3.11. The fraction of sp³-hybridized carbons (Fsp3) is 0.500. The molecule has 1 aliphatic carbocycles. The van der Waals surface area contributed by atoms with Crippen LogP contribution in [0.5, 0.6) is 0 Å². The smallest absolute Gasteiger partial charge is 0.315 e. The fourth-order valence-corrected chi connectivity index (χ4v) is 3.55. The zero-order valence-electron chi connectivity index (χ0n) is 12.1. The van der Waals surface area contributed by atoms with Gasteiger partial charge in [-0.25, -0.2) is 4.98 Å². The van der Waals surface area contributed by atoms with E-state index in [9.17, 15) is 4.79 Å². The van der Waals surface area contributed by atoms with Gasteiger partial charge in [-0.05, 0) is 19.8 Å². The second kappa shape index (κ2) is 5.85. The van der Waals surface area contributed by atoms with Crippen molar-refractivity contribution in [2.75, 3.05) is 11.9 Å². The first-order valence-corrected chi connectivity index (χ1v) is 7.86. The molecule has 3 rings (SSSR count). The van der Waals surface area contributed by atoms with Crippen LogP contribution in [-0.4, -0.2) is 27.3 Å². The molecule has 0 radical (unpaired) electrons. The Morgan fingerprint density at radius 2 is 2.48 bits per heavy atom.